The highest BCUT2D eigenvalue weighted by Gasteiger charge is 2.24. The third-order valence-electron chi connectivity index (χ3n) is 3.24. The summed E-state index contributed by atoms with van der Waals surface area (Å²) in [6, 6.07) is 12.9. The molecule has 1 heterocycles. The molecule has 0 bridgehead atoms. The lowest BCUT2D eigenvalue weighted by atomic mass is 9.95. The largest absolute Gasteiger partial charge is 0.486 e. The fourth-order valence-electron chi connectivity index (χ4n) is 2.25. The predicted octanol–water partition coefficient (Wildman–Crippen LogP) is 2.81. The number of rotatable bonds is 3. The first-order valence-electron chi connectivity index (χ1n) is 6.43. The molecule has 20 heavy (non-hydrogen) atoms. The van der Waals surface area contributed by atoms with E-state index < -0.39 is 0 Å². The van der Waals surface area contributed by atoms with Crippen LogP contribution in [0.1, 0.15) is 24.1 Å². The van der Waals surface area contributed by atoms with E-state index in [2.05, 4.69) is 0 Å². The van der Waals surface area contributed by atoms with Gasteiger partial charge in [-0.2, -0.15) is 0 Å². The predicted molar refractivity (Wildman–Crippen MR) is 75.2 cm³/mol. The SMILES string of the molecule is CC(=O)COc1ccc2c(c1)Oc1ccccc1C2N. The van der Waals surface area contributed by atoms with Gasteiger partial charge in [-0.1, -0.05) is 18.2 Å². The molecule has 0 aliphatic carbocycles. The Morgan fingerprint density at radius 2 is 1.95 bits per heavy atom. The van der Waals surface area contributed by atoms with Crippen molar-refractivity contribution in [2.75, 3.05) is 6.61 Å². The van der Waals surface area contributed by atoms with Crippen molar-refractivity contribution in [1.29, 1.82) is 0 Å². The fraction of sp³-hybridized carbons (Fsp3) is 0.188. The summed E-state index contributed by atoms with van der Waals surface area (Å²) in [6.07, 6.45) is 0. The lowest BCUT2D eigenvalue weighted by Crippen LogP contribution is -2.17. The molecule has 0 spiro atoms. The standard InChI is InChI=1S/C16H15NO3/c1-10(18)9-19-11-6-7-13-15(8-11)20-14-5-3-2-4-12(14)16(13)17/h2-8,16H,9,17H2,1H3. The molecular formula is C16H15NO3. The van der Waals surface area contributed by atoms with Crippen molar-refractivity contribution in [2.45, 2.75) is 13.0 Å². The van der Waals surface area contributed by atoms with Crippen molar-refractivity contribution >= 4 is 5.78 Å². The van der Waals surface area contributed by atoms with Crippen LogP contribution in [0.5, 0.6) is 17.2 Å². The summed E-state index contributed by atoms with van der Waals surface area (Å²) in [6.45, 7) is 1.54. The van der Waals surface area contributed by atoms with Gasteiger partial charge in [-0.25, -0.2) is 0 Å². The van der Waals surface area contributed by atoms with Crippen LogP contribution in [0, 0.1) is 0 Å². The molecule has 2 aromatic carbocycles. The van der Waals surface area contributed by atoms with E-state index in [0.717, 1.165) is 16.9 Å². The average Bonchev–Trinajstić information content (AvgIpc) is 2.45. The Morgan fingerprint density at radius 3 is 2.75 bits per heavy atom. The molecule has 1 unspecified atom stereocenters. The highest BCUT2D eigenvalue weighted by molar-refractivity contribution is 5.77. The average molecular weight is 269 g/mol. The molecule has 0 saturated carbocycles. The zero-order valence-corrected chi connectivity index (χ0v) is 11.1. The van der Waals surface area contributed by atoms with Gasteiger partial charge in [0, 0.05) is 17.2 Å². The van der Waals surface area contributed by atoms with E-state index in [1.807, 2.05) is 30.3 Å². The highest BCUT2D eigenvalue weighted by Crippen LogP contribution is 2.42. The number of hydrogen-bond donors (Lipinski definition) is 1. The number of ketones is 1. The van der Waals surface area contributed by atoms with Crippen LogP contribution < -0.4 is 15.2 Å². The Bertz CT molecular complexity index is 667. The number of fused-ring (bicyclic) bond motifs is 2. The van der Waals surface area contributed by atoms with Gasteiger partial charge >= 0.3 is 0 Å². The van der Waals surface area contributed by atoms with E-state index in [-0.39, 0.29) is 18.4 Å². The Morgan fingerprint density at radius 1 is 1.20 bits per heavy atom. The number of carbonyl (C=O) groups excluding carboxylic acids is 1. The second-order valence-corrected chi connectivity index (χ2v) is 4.81. The molecule has 0 amide bonds. The van der Waals surface area contributed by atoms with Crippen molar-refractivity contribution in [3.05, 3.63) is 53.6 Å². The second kappa shape index (κ2) is 4.98. The van der Waals surface area contributed by atoms with Crippen LogP contribution in [0.15, 0.2) is 42.5 Å². The van der Waals surface area contributed by atoms with Gasteiger partial charge in [-0.05, 0) is 25.1 Å². The molecular weight excluding hydrogens is 254 g/mol. The molecule has 102 valence electrons. The zero-order valence-electron chi connectivity index (χ0n) is 11.1. The maximum Gasteiger partial charge on any atom is 0.167 e. The molecule has 2 N–H and O–H groups in total. The maximum absolute atomic E-state index is 10.9. The molecule has 0 aromatic heterocycles. The van der Waals surface area contributed by atoms with Gasteiger partial charge in [0.15, 0.2) is 5.78 Å². The van der Waals surface area contributed by atoms with Crippen molar-refractivity contribution < 1.29 is 14.3 Å². The number of hydrogen-bond acceptors (Lipinski definition) is 4. The summed E-state index contributed by atoms with van der Waals surface area (Å²) < 4.78 is 11.2. The van der Waals surface area contributed by atoms with Gasteiger partial charge in [-0.15, -0.1) is 0 Å². The molecule has 0 fully saturated rings. The molecule has 1 aliphatic rings. The number of Topliss-reactive ketones (excluding diaryl/α,β-unsaturated/α-hetero) is 1. The summed E-state index contributed by atoms with van der Waals surface area (Å²) in [5.41, 5.74) is 8.14. The first-order chi connectivity index (χ1) is 9.65. The van der Waals surface area contributed by atoms with Gasteiger partial charge in [0.05, 0.1) is 6.04 Å². The van der Waals surface area contributed by atoms with Crippen LogP contribution in [0.4, 0.5) is 0 Å². The second-order valence-electron chi connectivity index (χ2n) is 4.81. The molecule has 0 saturated heterocycles. The molecule has 4 nitrogen and oxygen atoms in total. The van der Waals surface area contributed by atoms with Crippen molar-refractivity contribution in [3.8, 4) is 17.2 Å². The van der Waals surface area contributed by atoms with E-state index in [1.165, 1.54) is 6.92 Å². The lowest BCUT2D eigenvalue weighted by Gasteiger charge is -2.25. The molecule has 1 atom stereocenters. The first-order valence-corrected chi connectivity index (χ1v) is 6.43. The third kappa shape index (κ3) is 2.26. The fourth-order valence-corrected chi connectivity index (χ4v) is 2.25. The number of para-hydroxylation sites is 1. The summed E-state index contributed by atoms with van der Waals surface area (Å²) in [5.74, 6) is 2.02. The minimum Gasteiger partial charge on any atom is -0.486 e. The molecule has 1 aliphatic heterocycles. The van der Waals surface area contributed by atoms with E-state index in [0.29, 0.717) is 11.5 Å². The zero-order chi connectivity index (χ0) is 14.1. The van der Waals surface area contributed by atoms with Gasteiger partial charge in [0.2, 0.25) is 0 Å². The maximum atomic E-state index is 10.9. The summed E-state index contributed by atoms with van der Waals surface area (Å²) >= 11 is 0. The van der Waals surface area contributed by atoms with Gasteiger partial charge in [-0.3, -0.25) is 4.79 Å². The monoisotopic (exact) mass is 269 g/mol. The topological polar surface area (TPSA) is 61.5 Å². The third-order valence-corrected chi connectivity index (χ3v) is 3.24. The van der Waals surface area contributed by atoms with Crippen LogP contribution in [-0.4, -0.2) is 12.4 Å². The normalized spacial score (nSPS) is 15.8. The minimum absolute atomic E-state index is 0.0225. The Labute approximate surface area is 117 Å². The van der Waals surface area contributed by atoms with Crippen LogP contribution >= 0.6 is 0 Å². The Balaban J connectivity index is 1.92. The Kier molecular flexibility index (Phi) is 3.16. The summed E-state index contributed by atoms with van der Waals surface area (Å²) in [5, 5.41) is 0. The minimum atomic E-state index is -0.211. The molecule has 3 rings (SSSR count). The van der Waals surface area contributed by atoms with E-state index in [9.17, 15) is 4.79 Å². The van der Waals surface area contributed by atoms with Crippen molar-refractivity contribution in [1.82, 2.24) is 0 Å². The summed E-state index contributed by atoms with van der Waals surface area (Å²) in [7, 11) is 0. The lowest BCUT2D eigenvalue weighted by molar-refractivity contribution is -0.118. The molecule has 4 heteroatoms. The van der Waals surface area contributed by atoms with Crippen LogP contribution in [-0.2, 0) is 4.79 Å². The van der Waals surface area contributed by atoms with E-state index in [4.69, 9.17) is 15.2 Å². The van der Waals surface area contributed by atoms with Gasteiger partial charge < -0.3 is 15.2 Å². The molecule has 0 radical (unpaired) electrons. The number of nitrogens with two attached hydrogens (primary N) is 1. The van der Waals surface area contributed by atoms with Crippen molar-refractivity contribution in [2.24, 2.45) is 5.73 Å². The smallest absolute Gasteiger partial charge is 0.167 e. The van der Waals surface area contributed by atoms with Crippen LogP contribution in [0.25, 0.3) is 0 Å². The highest BCUT2D eigenvalue weighted by atomic mass is 16.5. The summed E-state index contributed by atoms with van der Waals surface area (Å²) in [4.78, 5) is 10.9. The number of ether oxygens (including phenoxy) is 2. The quantitative estimate of drug-likeness (QED) is 0.930. The first kappa shape index (κ1) is 12.7. The molecule has 2 aromatic rings. The van der Waals surface area contributed by atoms with Gasteiger partial charge in [0.25, 0.3) is 0 Å². The van der Waals surface area contributed by atoms with Crippen LogP contribution in [0.2, 0.25) is 0 Å². The van der Waals surface area contributed by atoms with E-state index in [1.54, 1.807) is 12.1 Å². The van der Waals surface area contributed by atoms with E-state index >= 15 is 0 Å². The number of carbonyl (C=O) groups is 1. The van der Waals surface area contributed by atoms with Crippen LogP contribution in [0.3, 0.4) is 0 Å². The number of benzene rings is 2. The Hall–Kier alpha value is -2.33. The van der Waals surface area contributed by atoms with Crippen molar-refractivity contribution in [3.63, 3.8) is 0 Å². The van der Waals surface area contributed by atoms with Gasteiger partial charge in [0.1, 0.15) is 23.9 Å².